The SMILES string of the molecule is CCCCCCc1ccc(-n2c3ccccc3c3cc(Br)ccc32)cc1. The summed E-state index contributed by atoms with van der Waals surface area (Å²) in [5.74, 6) is 0. The minimum atomic E-state index is 1.12. The van der Waals surface area contributed by atoms with Gasteiger partial charge < -0.3 is 4.57 Å². The molecule has 132 valence electrons. The highest BCUT2D eigenvalue weighted by atomic mass is 79.9. The molecule has 1 heterocycles. The highest BCUT2D eigenvalue weighted by Gasteiger charge is 2.11. The number of benzene rings is 3. The Morgan fingerprint density at radius 3 is 2.35 bits per heavy atom. The normalized spacial score (nSPS) is 11.5. The molecule has 3 aromatic carbocycles. The van der Waals surface area contributed by atoms with E-state index < -0.39 is 0 Å². The molecule has 0 radical (unpaired) electrons. The number of halogens is 1. The molecule has 0 atom stereocenters. The number of aromatic nitrogens is 1. The number of nitrogens with zero attached hydrogens (tertiary/aromatic N) is 1. The van der Waals surface area contributed by atoms with Crippen molar-refractivity contribution < 1.29 is 0 Å². The average molecular weight is 406 g/mol. The fourth-order valence-electron chi connectivity index (χ4n) is 3.79. The third kappa shape index (κ3) is 3.31. The lowest BCUT2D eigenvalue weighted by Gasteiger charge is -2.09. The third-order valence-corrected chi connectivity index (χ3v) is 5.64. The van der Waals surface area contributed by atoms with Crippen molar-refractivity contribution in [3.63, 3.8) is 0 Å². The maximum atomic E-state index is 3.62. The molecule has 0 amide bonds. The van der Waals surface area contributed by atoms with Gasteiger partial charge in [0.25, 0.3) is 0 Å². The summed E-state index contributed by atoms with van der Waals surface area (Å²) < 4.78 is 3.49. The van der Waals surface area contributed by atoms with E-state index in [2.05, 4.69) is 94.2 Å². The summed E-state index contributed by atoms with van der Waals surface area (Å²) in [6.07, 6.45) is 6.44. The predicted molar refractivity (Wildman–Crippen MR) is 116 cm³/mol. The van der Waals surface area contributed by atoms with Gasteiger partial charge in [0.15, 0.2) is 0 Å². The molecule has 0 N–H and O–H groups in total. The number of hydrogen-bond donors (Lipinski definition) is 0. The smallest absolute Gasteiger partial charge is 0.0541 e. The molecule has 1 nitrogen and oxygen atoms in total. The zero-order chi connectivity index (χ0) is 17.9. The van der Waals surface area contributed by atoms with Crippen molar-refractivity contribution in [2.75, 3.05) is 0 Å². The Kier molecular flexibility index (Phi) is 5.12. The highest BCUT2D eigenvalue weighted by Crippen LogP contribution is 2.33. The molecule has 1 aromatic heterocycles. The van der Waals surface area contributed by atoms with Crippen LogP contribution >= 0.6 is 15.9 Å². The van der Waals surface area contributed by atoms with E-state index in [4.69, 9.17) is 0 Å². The Hall–Kier alpha value is -2.06. The number of aryl methyl sites for hydroxylation is 1. The largest absolute Gasteiger partial charge is 0.309 e. The van der Waals surface area contributed by atoms with Crippen LogP contribution < -0.4 is 0 Å². The number of hydrogen-bond acceptors (Lipinski definition) is 0. The number of unbranched alkanes of at least 4 members (excludes halogenated alkanes) is 3. The van der Waals surface area contributed by atoms with Crippen LogP contribution in [0.25, 0.3) is 27.5 Å². The van der Waals surface area contributed by atoms with Gasteiger partial charge >= 0.3 is 0 Å². The maximum absolute atomic E-state index is 3.62. The first-order chi connectivity index (χ1) is 12.8. The fraction of sp³-hybridized carbons (Fsp3) is 0.250. The molecule has 0 aliphatic rings. The first-order valence-corrected chi connectivity index (χ1v) is 10.4. The van der Waals surface area contributed by atoms with E-state index in [1.54, 1.807) is 0 Å². The zero-order valence-corrected chi connectivity index (χ0v) is 16.8. The number of rotatable bonds is 6. The average Bonchev–Trinajstić information content (AvgIpc) is 3.00. The monoisotopic (exact) mass is 405 g/mol. The summed E-state index contributed by atoms with van der Waals surface area (Å²) in [5, 5.41) is 2.59. The maximum Gasteiger partial charge on any atom is 0.0541 e. The summed E-state index contributed by atoms with van der Waals surface area (Å²) in [4.78, 5) is 0. The molecule has 0 aliphatic carbocycles. The van der Waals surface area contributed by atoms with Gasteiger partial charge in [-0.2, -0.15) is 0 Å². The van der Waals surface area contributed by atoms with Crippen LogP contribution in [0.5, 0.6) is 0 Å². The fourth-order valence-corrected chi connectivity index (χ4v) is 4.15. The second-order valence-corrected chi connectivity index (χ2v) is 7.91. The topological polar surface area (TPSA) is 4.93 Å². The summed E-state index contributed by atoms with van der Waals surface area (Å²) >= 11 is 3.62. The predicted octanol–water partition coefficient (Wildman–Crippen LogP) is 7.67. The minimum Gasteiger partial charge on any atom is -0.309 e. The van der Waals surface area contributed by atoms with Gasteiger partial charge in [0, 0.05) is 20.9 Å². The van der Waals surface area contributed by atoms with E-state index in [1.807, 2.05) is 0 Å². The van der Waals surface area contributed by atoms with E-state index in [-0.39, 0.29) is 0 Å². The minimum absolute atomic E-state index is 1.12. The molecule has 26 heavy (non-hydrogen) atoms. The lowest BCUT2D eigenvalue weighted by Crippen LogP contribution is -1.94. The Labute approximate surface area is 163 Å². The quantitative estimate of drug-likeness (QED) is 0.290. The van der Waals surface area contributed by atoms with Gasteiger partial charge in [-0.25, -0.2) is 0 Å². The zero-order valence-electron chi connectivity index (χ0n) is 15.2. The molecule has 0 spiro atoms. The second kappa shape index (κ2) is 7.67. The van der Waals surface area contributed by atoms with Gasteiger partial charge in [-0.05, 0) is 54.8 Å². The van der Waals surface area contributed by atoms with Crippen LogP contribution in [0.2, 0.25) is 0 Å². The highest BCUT2D eigenvalue weighted by molar-refractivity contribution is 9.10. The van der Waals surface area contributed by atoms with Crippen LogP contribution in [-0.2, 0) is 6.42 Å². The van der Waals surface area contributed by atoms with Crippen molar-refractivity contribution in [1.29, 1.82) is 0 Å². The van der Waals surface area contributed by atoms with Crippen LogP contribution in [-0.4, -0.2) is 4.57 Å². The molecule has 0 saturated heterocycles. The van der Waals surface area contributed by atoms with Gasteiger partial charge in [0.2, 0.25) is 0 Å². The van der Waals surface area contributed by atoms with E-state index in [0.29, 0.717) is 0 Å². The Morgan fingerprint density at radius 2 is 1.54 bits per heavy atom. The van der Waals surface area contributed by atoms with Gasteiger partial charge in [0.05, 0.1) is 11.0 Å². The van der Waals surface area contributed by atoms with Gasteiger partial charge in [0.1, 0.15) is 0 Å². The Balaban J connectivity index is 1.74. The van der Waals surface area contributed by atoms with E-state index in [1.165, 1.54) is 65.2 Å². The van der Waals surface area contributed by atoms with Crippen molar-refractivity contribution in [3.05, 3.63) is 76.8 Å². The van der Waals surface area contributed by atoms with Crippen LogP contribution in [0.15, 0.2) is 71.2 Å². The standard InChI is InChI=1S/C24H24BrN/c1-2-3-4-5-8-18-11-14-20(15-12-18)26-23-10-7-6-9-21(23)22-17-19(25)13-16-24(22)26/h6-7,9-17H,2-5,8H2,1H3. The van der Waals surface area contributed by atoms with Crippen LogP contribution in [0.4, 0.5) is 0 Å². The Morgan fingerprint density at radius 1 is 0.769 bits per heavy atom. The summed E-state index contributed by atoms with van der Waals surface area (Å²) in [7, 11) is 0. The Bertz CT molecular complexity index is 1030. The molecule has 4 rings (SSSR count). The van der Waals surface area contributed by atoms with Gasteiger partial charge in [-0.3, -0.25) is 0 Å². The van der Waals surface area contributed by atoms with E-state index >= 15 is 0 Å². The molecule has 0 bridgehead atoms. The molecule has 0 fully saturated rings. The van der Waals surface area contributed by atoms with Gasteiger partial charge in [-0.15, -0.1) is 0 Å². The molecular weight excluding hydrogens is 382 g/mol. The van der Waals surface area contributed by atoms with Crippen molar-refractivity contribution in [2.24, 2.45) is 0 Å². The van der Waals surface area contributed by atoms with Crippen molar-refractivity contribution >= 4 is 37.7 Å². The van der Waals surface area contributed by atoms with E-state index in [0.717, 1.165) is 4.47 Å². The molecular formula is C24H24BrN. The first kappa shape index (κ1) is 17.4. The second-order valence-electron chi connectivity index (χ2n) is 6.99. The van der Waals surface area contributed by atoms with Gasteiger partial charge in [-0.1, -0.05) is 72.4 Å². The van der Waals surface area contributed by atoms with Crippen molar-refractivity contribution in [3.8, 4) is 5.69 Å². The molecule has 4 aromatic rings. The summed E-state index contributed by atoms with van der Waals surface area (Å²) in [6.45, 7) is 2.26. The molecule has 2 heteroatoms. The lowest BCUT2D eigenvalue weighted by molar-refractivity contribution is 0.667. The molecule has 0 unspecified atom stereocenters. The first-order valence-electron chi connectivity index (χ1n) is 9.56. The van der Waals surface area contributed by atoms with Crippen LogP contribution in [0, 0.1) is 0 Å². The number of para-hydroxylation sites is 1. The summed E-state index contributed by atoms with van der Waals surface area (Å²) in [6, 6.07) is 24.3. The lowest BCUT2D eigenvalue weighted by atomic mass is 10.1. The van der Waals surface area contributed by atoms with Crippen LogP contribution in [0.1, 0.15) is 38.2 Å². The van der Waals surface area contributed by atoms with Crippen LogP contribution in [0.3, 0.4) is 0 Å². The van der Waals surface area contributed by atoms with E-state index in [9.17, 15) is 0 Å². The third-order valence-electron chi connectivity index (χ3n) is 5.15. The molecule has 0 saturated carbocycles. The molecule has 0 aliphatic heterocycles. The van der Waals surface area contributed by atoms with Crippen molar-refractivity contribution in [1.82, 2.24) is 4.57 Å². The summed E-state index contributed by atoms with van der Waals surface area (Å²) in [5.41, 5.74) is 5.19. The number of fused-ring (bicyclic) bond motifs is 3. The van der Waals surface area contributed by atoms with Crippen molar-refractivity contribution in [2.45, 2.75) is 39.0 Å².